The van der Waals surface area contributed by atoms with Crippen molar-refractivity contribution >= 4 is 23.0 Å². The first-order chi connectivity index (χ1) is 13.8. The first kappa shape index (κ1) is 19.0. The van der Waals surface area contributed by atoms with Gasteiger partial charge in [-0.05, 0) is 57.0 Å². The highest BCUT2D eigenvalue weighted by atomic mass is 15.2. The molecule has 148 valence electrons. The average molecular weight is 386 g/mol. The molecule has 1 N–H and O–H groups in total. The van der Waals surface area contributed by atoms with Gasteiger partial charge in [0, 0.05) is 42.4 Å². The standard InChI is InChI=1S/C24H27N5/c1-15-8-7-9-16(2)21(15)26-23-22(19-10-12-20(13-11-19)28(5)6)27-24-25-17(3)14-18(4)29(23)24/h7-14,26H,1-6H3. The van der Waals surface area contributed by atoms with Crippen molar-refractivity contribution in [1.29, 1.82) is 0 Å². The summed E-state index contributed by atoms with van der Waals surface area (Å²) in [5.74, 6) is 1.66. The van der Waals surface area contributed by atoms with Gasteiger partial charge in [-0.2, -0.15) is 0 Å². The number of aromatic nitrogens is 3. The summed E-state index contributed by atoms with van der Waals surface area (Å²) in [5.41, 5.74) is 8.70. The Morgan fingerprint density at radius 2 is 1.52 bits per heavy atom. The van der Waals surface area contributed by atoms with E-state index in [2.05, 4.69) is 88.9 Å². The van der Waals surface area contributed by atoms with E-state index >= 15 is 0 Å². The lowest BCUT2D eigenvalue weighted by Crippen LogP contribution is -2.08. The van der Waals surface area contributed by atoms with Crippen LogP contribution in [0, 0.1) is 27.7 Å². The fraction of sp³-hybridized carbons (Fsp3) is 0.250. The molecule has 0 unspecified atom stereocenters. The predicted octanol–water partition coefficient (Wildman–Crippen LogP) is 5.44. The number of para-hydroxylation sites is 1. The zero-order chi connectivity index (χ0) is 20.7. The van der Waals surface area contributed by atoms with E-state index in [1.807, 2.05) is 21.0 Å². The van der Waals surface area contributed by atoms with Gasteiger partial charge in [0.15, 0.2) is 0 Å². The van der Waals surface area contributed by atoms with E-state index in [-0.39, 0.29) is 0 Å². The van der Waals surface area contributed by atoms with Crippen molar-refractivity contribution < 1.29 is 0 Å². The summed E-state index contributed by atoms with van der Waals surface area (Å²) < 4.78 is 2.11. The van der Waals surface area contributed by atoms with Crippen LogP contribution < -0.4 is 10.2 Å². The molecule has 0 radical (unpaired) electrons. The molecule has 0 bridgehead atoms. The van der Waals surface area contributed by atoms with Gasteiger partial charge in [0.05, 0.1) is 0 Å². The Balaban J connectivity index is 1.94. The maximum Gasteiger partial charge on any atom is 0.236 e. The Hall–Kier alpha value is -3.34. The highest BCUT2D eigenvalue weighted by Gasteiger charge is 2.18. The maximum atomic E-state index is 4.91. The Labute approximate surface area is 172 Å². The first-order valence-electron chi connectivity index (χ1n) is 9.83. The van der Waals surface area contributed by atoms with E-state index in [9.17, 15) is 0 Å². The molecule has 2 aromatic heterocycles. The molecule has 0 fully saturated rings. The third-order valence-electron chi connectivity index (χ3n) is 5.29. The lowest BCUT2D eigenvalue weighted by Gasteiger charge is -2.16. The first-order valence-corrected chi connectivity index (χ1v) is 9.83. The smallest absolute Gasteiger partial charge is 0.236 e. The second kappa shape index (κ2) is 7.24. The Kier molecular flexibility index (Phi) is 4.74. The predicted molar refractivity (Wildman–Crippen MR) is 121 cm³/mol. The van der Waals surface area contributed by atoms with E-state index in [0.29, 0.717) is 5.78 Å². The number of rotatable bonds is 4. The number of hydrogen-bond donors (Lipinski definition) is 1. The number of fused-ring (bicyclic) bond motifs is 1. The van der Waals surface area contributed by atoms with Crippen molar-refractivity contribution in [2.75, 3.05) is 24.3 Å². The van der Waals surface area contributed by atoms with Crippen molar-refractivity contribution in [2.24, 2.45) is 0 Å². The summed E-state index contributed by atoms with van der Waals surface area (Å²) in [7, 11) is 4.09. The second-order valence-corrected chi connectivity index (χ2v) is 7.82. The molecule has 0 saturated heterocycles. The number of nitrogens with zero attached hydrogens (tertiary/aromatic N) is 4. The van der Waals surface area contributed by atoms with Crippen molar-refractivity contribution in [1.82, 2.24) is 14.4 Å². The van der Waals surface area contributed by atoms with E-state index in [4.69, 9.17) is 4.98 Å². The van der Waals surface area contributed by atoms with Gasteiger partial charge in [-0.15, -0.1) is 0 Å². The summed E-state index contributed by atoms with van der Waals surface area (Å²) in [6.07, 6.45) is 0. The molecule has 4 aromatic rings. The topological polar surface area (TPSA) is 45.5 Å². The zero-order valence-corrected chi connectivity index (χ0v) is 17.9. The average Bonchev–Trinajstić information content (AvgIpc) is 3.03. The van der Waals surface area contributed by atoms with Gasteiger partial charge in [0.1, 0.15) is 11.5 Å². The summed E-state index contributed by atoms with van der Waals surface area (Å²) in [6, 6.07) is 16.9. The highest BCUT2D eigenvalue weighted by molar-refractivity contribution is 5.81. The summed E-state index contributed by atoms with van der Waals surface area (Å²) in [5, 5.41) is 3.68. The van der Waals surface area contributed by atoms with Gasteiger partial charge < -0.3 is 10.2 Å². The molecule has 0 spiro atoms. The van der Waals surface area contributed by atoms with Gasteiger partial charge in [-0.25, -0.2) is 9.97 Å². The minimum absolute atomic E-state index is 0.711. The number of benzene rings is 2. The molecule has 5 nitrogen and oxygen atoms in total. The largest absolute Gasteiger partial charge is 0.378 e. The minimum Gasteiger partial charge on any atom is -0.378 e. The molecule has 0 aliphatic heterocycles. The number of nitrogens with one attached hydrogen (secondary N) is 1. The van der Waals surface area contributed by atoms with E-state index in [0.717, 1.165) is 39.8 Å². The molecule has 0 atom stereocenters. The molecule has 2 aromatic carbocycles. The monoisotopic (exact) mass is 385 g/mol. The fourth-order valence-electron chi connectivity index (χ4n) is 3.74. The van der Waals surface area contributed by atoms with E-state index < -0.39 is 0 Å². The normalized spacial score (nSPS) is 11.1. The van der Waals surface area contributed by atoms with Crippen LogP contribution in [0.2, 0.25) is 0 Å². The quantitative estimate of drug-likeness (QED) is 0.508. The van der Waals surface area contributed by atoms with E-state index in [1.165, 1.54) is 11.1 Å². The Morgan fingerprint density at radius 3 is 2.14 bits per heavy atom. The lowest BCUT2D eigenvalue weighted by atomic mass is 10.1. The summed E-state index contributed by atoms with van der Waals surface area (Å²) in [4.78, 5) is 11.7. The van der Waals surface area contributed by atoms with Crippen molar-refractivity contribution in [2.45, 2.75) is 27.7 Å². The van der Waals surface area contributed by atoms with Crippen LogP contribution >= 0.6 is 0 Å². The van der Waals surface area contributed by atoms with Crippen LogP contribution in [0.15, 0.2) is 48.5 Å². The number of anilines is 3. The SMILES string of the molecule is Cc1cc(C)n2c(Nc3c(C)cccc3C)c(-c3ccc(N(C)C)cc3)nc2n1. The Morgan fingerprint density at radius 1 is 0.862 bits per heavy atom. The van der Waals surface area contributed by atoms with Crippen molar-refractivity contribution in [3.63, 3.8) is 0 Å². The van der Waals surface area contributed by atoms with Crippen LogP contribution in [0.5, 0.6) is 0 Å². The maximum absolute atomic E-state index is 4.91. The van der Waals surface area contributed by atoms with Crippen LogP contribution in [-0.2, 0) is 0 Å². The van der Waals surface area contributed by atoms with Crippen LogP contribution in [0.4, 0.5) is 17.2 Å². The molecule has 0 amide bonds. The van der Waals surface area contributed by atoms with Gasteiger partial charge in [0.25, 0.3) is 0 Å². The van der Waals surface area contributed by atoms with Crippen LogP contribution in [0.1, 0.15) is 22.5 Å². The molecular formula is C24H27N5. The Bertz CT molecular complexity index is 1170. The third-order valence-corrected chi connectivity index (χ3v) is 5.29. The minimum atomic E-state index is 0.711. The highest BCUT2D eigenvalue weighted by Crippen LogP contribution is 2.34. The van der Waals surface area contributed by atoms with Gasteiger partial charge in [-0.3, -0.25) is 4.40 Å². The van der Waals surface area contributed by atoms with Crippen molar-refractivity contribution in [3.05, 3.63) is 71.0 Å². The molecule has 29 heavy (non-hydrogen) atoms. The molecule has 5 heteroatoms. The molecular weight excluding hydrogens is 358 g/mol. The fourth-order valence-corrected chi connectivity index (χ4v) is 3.74. The third kappa shape index (κ3) is 3.44. The molecule has 0 aliphatic carbocycles. The number of aryl methyl sites for hydroxylation is 4. The lowest BCUT2D eigenvalue weighted by molar-refractivity contribution is 1.02. The summed E-state index contributed by atoms with van der Waals surface area (Å²) in [6.45, 7) is 8.35. The van der Waals surface area contributed by atoms with Crippen LogP contribution in [0.25, 0.3) is 17.0 Å². The zero-order valence-electron chi connectivity index (χ0n) is 17.9. The van der Waals surface area contributed by atoms with E-state index in [1.54, 1.807) is 0 Å². The van der Waals surface area contributed by atoms with Gasteiger partial charge >= 0.3 is 0 Å². The van der Waals surface area contributed by atoms with Crippen LogP contribution in [0.3, 0.4) is 0 Å². The van der Waals surface area contributed by atoms with Crippen LogP contribution in [-0.4, -0.2) is 28.5 Å². The number of imidazole rings is 1. The van der Waals surface area contributed by atoms with Gasteiger partial charge in [-0.1, -0.05) is 30.3 Å². The van der Waals surface area contributed by atoms with Gasteiger partial charge in [0.2, 0.25) is 5.78 Å². The molecule has 4 rings (SSSR count). The molecule has 0 aliphatic rings. The number of hydrogen-bond acceptors (Lipinski definition) is 4. The molecule has 0 saturated carbocycles. The van der Waals surface area contributed by atoms with Crippen molar-refractivity contribution in [3.8, 4) is 11.3 Å². The second-order valence-electron chi connectivity index (χ2n) is 7.82. The summed E-state index contributed by atoms with van der Waals surface area (Å²) >= 11 is 0. The molecule has 2 heterocycles.